The molecule has 1 aliphatic heterocycles. The number of rotatable bonds is 4. The summed E-state index contributed by atoms with van der Waals surface area (Å²) in [5, 5.41) is 14.6. The number of carbonyl (C=O) groups excluding carboxylic acids is 3. The van der Waals surface area contributed by atoms with E-state index in [0.717, 1.165) is 32.1 Å². The first-order valence-corrected chi connectivity index (χ1v) is 9.64. The summed E-state index contributed by atoms with van der Waals surface area (Å²) in [5.41, 5.74) is -0.869. The van der Waals surface area contributed by atoms with Gasteiger partial charge in [-0.2, -0.15) is 0 Å². The standard InChI is InChI=1S/C15H20N6O3S/c22-11-8-20(15(13(24)16-11)6-2-1-3-7-15)12(23)9-25-14-17-18-19-21(14)10-4-5-10/h10H,1-9H2,(H,16,22,24). The summed E-state index contributed by atoms with van der Waals surface area (Å²) in [6, 6.07) is 0.333. The van der Waals surface area contributed by atoms with Crippen LogP contribution < -0.4 is 5.32 Å². The number of carbonyl (C=O) groups is 3. The number of thioether (sulfide) groups is 1. The third kappa shape index (κ3) is 3.03. The number of tetrazole rings is 1. The summed E-state index contributed by atoms with van der Waals surface area (Å²) < 4.78 is 1.75. The van der Waals surface area contributed by atoms with E-state index in [2.05, 4.69) is 20.8 Å². The van der Waals surface area contributed by atoms with Crippen molar-refractivity contribution in [3.63, 3.8) is 0 Å². The van der Waals surface area contributed by atoms with Crippen molar-refractivity contribution in [2.45, 2.75) is 61.7 Å². The van der Waals surface area contributed by atoms with Crippen LogP contribution in [0.2, 0.25) is 0 Å². The van der Waals surface area contributed by atoms with Crippen molar-refractivity contribution in [3.8, 4) is 0 Å². The predicted molar refractivity (Wildman–Crippen MR) is 87.5 cm³/mol. The summed E-state index contributed by atoms with van der Waals surface area (Å²) in [5.74, 6) is -0.831. The first-order valence-electron chi connectivity index (χ1n) is 8.65. The van der Waals surface area contributed by atoms with Gasteiger partial charge in [-0.1, -0.05) is 31.0 Å². The second kappa shape index (κ2) is 6.40. The Balaban J connectivity index is 1.49. The van der Waals surface area contributed by atoms with E-state index in [0.29, 0.717) is 24.0 Å². The highest BCUT2D eigenvalue weighted by molar-refractivity contribution is 7.99. The zero-order valence-corrected chi connectivity index (χ0v) is 14.6. The highest BCUT2D eigenvalue weighted by atomic mass is 32.2. The molecular formula is C15H20N6O3S. The molecule has 0 atom stereocenters. The first kappa shape index (κ1) is 16.5. The van der Waals surface area contributed by atoms with E-state index in [1.54, 1.807) is 4.68 Å². The van der Waals surface area contributed by atoms with Crippen molar-refractivity contribution in [3.05, 3.63) is 0 Å². The van der Waals surface area contributed by atoms with E-state index in [1.165, 1.54) is 16.7 Å². The minimum absolute atomic E-state index is 0.0568. The van der Waals surface area contributed by atoms with Gasteiger partial charge >= 0.3 is 0 Å². The average Bonchev–Trinajstić information content (AvgIpc) is 3.35. The molecule has 2 heterocycles. The molecule has 1 aromatic rings. The molecule has 9 nitrogen and oxygen atoms in total. The van der Waals surface area contributed by atoms with Crippen LogP contribution in [0, 0.1) is 0 Å². The average molecular weight is 364 g/mol. The summed E-state index contributed by atoms with van der Waals surface area (Å²) >= 11 is 1.27. The van der Waals surface area contributed by atoms with E-state index >= 15 is 0 Å². The van der Waals surface area contributed by atoms with Crippen LogP contribution in [0.1, 0.15) is 51.0 Å². The highest BCUT2D eigenvalue weighted by Crippen LogP contribution is 2.38. The first-order chi connectivity index (χ1) is 12.1. The second-order valence-corrected chi connectivity index (χ2v) is 7.82. The van der Waals surface area contributed by atoms with Crippen LogP contribution in [0.4, 0.5) is 0 Å². The van der Waals surface area contributed by atoms with Crippen LogP contribution in [-0.2, 0) is 14.4 Å². The molecule has 4 rings (SSSR count). The number of amides is 3. The number of nitrogens with zero attached hydrogens (tertiary/aromatic N) is 5. The SMILES string of the molecule is O=C1CN(C(=O)CSc2nnnn2C2CC2)C2(CCCCC2)C(=O)N1. The number of aromatic nitrogens is 4. The molecule has 0 radical (unpaired) electrons. The van der Waals surface area contributed by atoms with E-state index in [-0.39, 0.29) is 24.1 Å². The summed E-state index contributed by atoms with van der Waals surface area (Å²) in [7, 11) is 0. The Hall–Kier alpha value is -1.97. The molecule has 2 aliphatic carbocycles. The second-order valence-electron chi connectivity index (χ2n) is 6.88. The van der Waals surface area contributed by atoms with Gasteiger partial charge in [-0.15, -0.1) is 5.10 Å². The van der Waals surface area contributed by atoms with Gasteiger partial charge in [-0.25, -0.2) is 4.68 Å². The highest BCUT2D eigenvalue weighted by Gasteiger charge is 2.50. The lowest BCUT2D eigenvalue weighted by Gasteiger charge is -2.47. The number of imide groups is 1. The summed E-state index contributed by atoms with van der Waals surface area (Å²) in [6.07, 6.45) is 6.16. The molecule has 10 heteroatoms. The lowest BCUT2D eigenvalue weighted by atomic mass is 9.78. The van der Waals surface area contributed by atoms with Crippen molar-refractivity contribution in [1.82, 2.24) is 30.4 Å². The molecule has 0 bridgehead atoms. The maximum absolute atomic E-state index is 12.8. The van der Waals surface area contributed by atoms with Crippen molar-refractivity contribution in [2.24, 2.45) is 0 Å². The maximum Gasteiger partial charge on any atom is 0.252 e. The van der Waals surface area contributed by atoms with Crippen LogP contribution >= 0.6 is 11.8 Å². The molecule has 0 aromatic carbocycles. The van der Waals surface area contributed by atoms with Crippen molar-refractivity contribution < 1.29 is 14.4 Å². The molecular weight excluding hydrogens is 344 g/mol. The molecule has 134 valence electrons. The largest absolute Gasteiger partial charge is 0.318 e. The Kier molecular flexibility index (Phi) is 4.22. The van der Waals surface area contributed by atoms with E-state index in [1.807, 2.05) is 0 Å². The maximum atomic E-state index is 12.8. The molecule has 1 saturated heterocycles. The molecule has 1 aromatic heterocycles. The third-order valence-electron chi connectivity index (χ3n) is 5.16. The van der Waals surface area contributed by atoms with Gasteiger partial charge in [-0.05, 0) is 36.1 Å². The predicted octanol–water partition coefficient (Wildman–Crippen LogP) is 0.288. The Bertz CT molecular complexity index is 710. The van der Waals surface area contributed by atoms with Gasteiger partial charge in [0.1, 0.15) is 12.1 Å². The van der Waals surface area contributed by atoms with Gasteiger partial charge in [0.25, 0.3) is 5.91 Å². The number of hydrogen-bond donors (Lipinski definition) is 1. The van der Waals surface area contributed by atoms with Crippen LogP contribution in [0.5, 0.6) is 0 Å². The zero-order valence-electron chi connectivity index (χ0n) is 13.8. The van der Waals surface area contributed by atoms with E-state index in [9.17, 15) is 14.4 Å². The normalized spacial score (nSPS) is 23.0. The van der Waals surface area contributed by atoms with Gasteiger partial charge < -0.3 is 4.90 Å². The fourth-order valence-electron chi connectivity index (χ4n) is 3.69. The Labute approximate surface area is 148 Å². The van der Waals surface area contributed by atoms with Gasteiger partial charge in [0.15, 0.2) is 0 Å². The molecule has 1 spiro atoms. The molecule has 0 unspecified atom stereocenters. The fraction of sp³-hybridized carbons (Fsp3) is 0.733. The van der Waals surface area contributed by atoms with Crippen molar-refractivity contribution in [2.75, 3.05) is 12.3 Å². The summed E-state index contributed by atoms with van der Waals surface area (Å²) in [6.45, 7) is -0.0568. The number of nitrogens with one attached hydrogen (secondary N) is 1. The zero-order chi connectivity index (χ0) is 17.4. The fourth-order valence-corrected chi connectivity index (χ4v) is 4.51. The lowest BCUT2D eigenvalue weighted by Crippen LogP contribution is -2.69. The molecule has 3 amide bonds. The molecule has 1 N–H and O–H groups in total. The van der Waals surface area contributed by atoms with E-state index in [4.69, 9.17) is 0 Å². The monoisotopic (exact) mass is 364 g/mol. The molecule has 25 heavy (non-hydrogen) atoms. The summed E-state index contributed by atoms with van der Waals surface area (Å²) in [4.78, 5) is 38.7. The Morgan fingerprint density at radius 1 is 1.24 bits per heavy atom. The van der Waals surface area contributed by atoms with Crippen molar-refractivity contribution in [1.29, 1.82) is 0 Å². The van der Waals surface area contributed by atoms with Crippen LogP contribution in [0.25, 0.3) is 0 Å². The smallest absolute Gasteiger partial charge is 0.252 e. The van der Waals surface area contributed by atoms with Crippen LogP contribution in [0.3, 0.4) is 0 Å². The van der Waals surface area contributed by atoms with Gasteiger partial charge in [0.2, 0.25) is 17.0 Å². The van der Waals surface area contributed by atoms with E-state index < -0.39 is 11.4 Å². The minimum Gasteiger partial charge on any atom is -0.318 e. The topological polar surface area (TPSA) is 110 Å². The van der Waals surface area contributed by atoms with Gasteiger partial charge in [0.05, 0.1) is 11.8 Å². The van der Waals surface area contributed by atoms with Gasteiger partial charge in [-0.3, -0.25) is 19.7 Å². The molecule has 3 aliphatic rings. The third-order valence-corrected chi connectivity index (χ3v) is 6.07. The molecule has 2 saturated carbocycles. The quantitative estimate of drug-likeness (QED) is 0.604. The Morgan fingerprint density at radius 3 is 2.72 bits per heavy atom. The molecule has 3 fully saturated rings. The minimum atomic E-state index is -0.869. The van der Waals surface area contributed by atoms with Crippen LogP contribution in [0.15, 0.2) is 5.16 Å². The number of hydrogen-bond acceptors (Lipinski definition) is 7. The number of piperazine rings is 1. The van der Waals surface area contributed by atoms with Crippen molar-refractivity contribution >= 4 is 29.5 Å². The lowest BCUT2D eigenvalue weighted by molar-refractivity contribution is -0.158. The van der Waals surface area contributed by atoms with Gasteiger partial charge in [0, 0.05) is 0 Å². The Morgan fingerprint density at radius 2 is 2.00 bits per heavy atom. The van der Waals surface area contributed by atoms with Crippen LogP contribution in [-0.4, -0.2) is 60.7 Å².